The van der Waals surface area contributed by atoms with E-state index in [2.05, 4.69) is 5.32 Å². The Balaban J connectivity index is 1.67. The molecule has 0 spiro atoms. The summed E-state index contributed by atoms with van der Waals surface area (Å²) in [5.74, 6) is -1.17. The summed E-state index contributed by atoms with van der Waals surface area (Å²) in [6.07, 6.45) is 1.99. The molecule has 1 aliphatic heterocycles. The number of thiophene rings is 1. The van der Waals surface area contributed by atoms with Crippen molar-refractivity contribution in [1.82, 2.24) is 5.32 Å². The molecule has 1 aromatic carbocycles. The Morgan fingerprint density at radius 2 is 2.07 bits per heavy atom. The van der Waals surface area contributed by atoms with Crippen LogP contribution < -0.4 is 10.2 Å². The van der Waals surface area contributed by atoms with Crippen LogP contribution in [0.3, 0.4) is 0 Å². The highest BCUT2D eigenvalue weighted by atomic mass is 32.1. The van der Waals surface area contributed by atoms with Crippen LogP contribution in [0.5, 0.6) is 0 Å². The summed E-state index contributed by atoms with van der Waals surface area (Å²) < 4.78 is 5.15. The van der Waals surface area contributed by atoms with Gasteiger partial charge >= 0.3 is 5.97 Å². The molecule has 1 aromatic heterocycles. The molecule has 9 heteroatoms. The molecular weight excluding hydrogens is 382 g/mol. The monoisotopic (exact) mass is 403 g/mol. The fourth-order valence-corrected chi connectivity index (χ4v) is 3.87. The maximum absolute atomic E-state index is 12.6. The Kier molecular flexibility index (Phi) is 6.25. The minimum absolute atomic E-state index is 0.107. The quantitative estimate of drug-likeness (QED) is 0.432. The van der Waals surface area contributed by atoms with Gasteiger partial charge in [-0.3, -0.25) is 14.9 Å². The number of rotatable bonds is 7. The van der Waals surface area contributed by atoms with Gasteiger partial charge in [-0.05, 0) is 37.3 Å². The summed E-state index contributed by atoms with van der Waals surface area (Å²) in [4.78, 5) is 38.2. The number of benzene rings is 1. The number of hydrogen-bond donors (Lipinski definition) is 1. The fraction of sp³-hybridized carbons (Fsp3) is 0.368. The van der Waals surface area contributed by atoms with E-state index in [1.54, 1.807) is 6.07 Å². The van der Waals surface area contributed by atoms with Gasteiger partial charge in [-0.2, -0.15) is 0 Å². The molecule has 1 aliphatic rings. The van der Waals surface area contributed by atoms with E-state index < -0.39 is 23.4 Å². The van der Waals surface area contributed by atoms with Crippen LogP contribution in [0, 0.1) is 10.1 Å². The van der Waals surface area contributed by atoms with Gasteiger partial charge in [0, 0.05) is 30.1 Å². The first kappa shape index (κ1) is 19.8. The van der Waals surface area contributed by atoms with Crippen molar-refractivity contribution >= 4 is 34.6 Å². The molecule has 1 atom stereocenters. The van der Waals surface area contributed by atoms with Gasteiger partial charge in [0.05, 0.1) is 22.2 Å². The van der Waals surface area contributed by atoms with Crippen molar-refractivity contribution in [3.8, 4) is 0 Å². The highest BCUT2D eigenvalue weighted by molar-refractivity contribution is 7.10. The van der Waals surface area contributed by atoms with E-state index in [1.807, 2.05) is 29.3 Å². The van der Waals surface area contributed by atoms with Crippen LogP contribution in [-0.4, -0.2) is 36.5 Å². The topological polar surface area (TPSA) is 102 Å². The molecular formula is C19H21N3O5S. The first-order valence-electron chi connectivity index (χ1n) is 8.99. The van der Waals surface area contributed by atoms with Crippen LogP contribution in [0.15, 0.2) is 35.7 Å². The number of nitro groups is 1. The van der Waals surface area contributed by atoms with Crippen LogP contribution in [0.2, 0.25) is 0 Å². The van der Waals surface area contributed by atoms with Crippen molar-refractivity contribution in [2.24, 2.45) is 0 Å². The van der Waals surface area contributed by atoms with Crippen molar-refractivity contribution < 1.29 is 19.2 Å². The second kappa shape index (κ2) is 8.83. The number of non-ortho nitro benzene ring substituents is 1. The van der Waals surface area contributed by atoms with E-state index in [0.29, 0.717) is 5.69 Å². The molecule has 0 aliphatic carbocycles. The molecule has 1 amide bonds. The molecule has 8 nitrogen and oxygen atoms in total. The molecule has 1 fully saturated rings. The molecule has 0 radical (unpaired) electrons. The van der Waals surface area contributed by atoms with Gasteiger partial charge in [-0.15, -0.1) is 11.3 Å². The Morgan fingerprint density at radius 1 is 1.32 bits per heavy atom. The van der Waals surface area contributed by atoms with Gasteiger partial charge in [0.15, 0.2) is 6.61 Å². The number of ether oxygens (including phenoxy) is 1. The van der Waals surface area contributed by atoms with E-state index in [0.717, 1.165) is 30.8 Å². The summed E-state index contributed by atoms with van der Waals surface area (Å²) in [6.45, 7) is 2.95. The summed E-state index contributed by atoms with van der Waals surface area (Å²) in [7, 11) is 0. The third kappa shape index (κ3) is 4.66. The van der Waals surface area contributed by atoms with Gasteiger partial charge in [0.2, 0.25) is 0 Å². The van der Waals surface area contributed by atoms with Gasteiger partial charge in [-0.25, -0.2) is 4.79 Å². The number of nitro benzene ring substituents is 1. The van der Waals surface area contributed by atoms with Crippen LogP contribution in [0.4, 0.5) is 11.4 Å². The van der Waals surface area contributed by atoms with Crippen molar-refractivity contribution in [2.75, 3.05) is 24.6 Å². The summed E-state index contributed by atoms with van der Waals surface area (Å²) in [6, 6.07) is 7.77. The zero-order valence-electron chi connectivity index (χ0n) is 15.4. The zero-order chi connectivity index (χ0) is 20.1. The Bertz CT molecular complexity index is 862. The summed E-state index contributed by atoms with van der Waals surface area (Å²) >= 11 is 1.52. The molecule has 1 N–H and O–H groups in total. The highest BCUT2D eigenvalue weighted by Crippen LogP contribution is 2.29. The van der Waals surface area contributed by atoms with E-state index in [-0.39, 0.29) is 17.3 Å². The van der Waals surface area contributed by atoms with Crippen LogP contribution in [-0.2, 0) is 9.53 Å². The van der Waals surface area contributed by atoms with Gasteiger partial charge < -0.3 is 15.0 Å². The molecule has 1 saturated heterocycles. The molecule has 0 unspecified atom stereocenters. The summed E-state index contributed by atoms with van der Waals surface area (Å²) in [5, 5.41) is 15.8. The van der Waals surface area contributed by atoms with E-state index in [9.17, 15) is 19.7 Å². The molecule has 0 bridgehead atoms. The molecule has 2 heterocycles. The fourth-order valence-electron chi connectivity index (χ4n) is 3.14. The van der Waals surface area contributed by atoms with Gasteiger partial charge in [0.25, 0.3) is 11.6 Å². The van der Waals surface area contributed by atoms with Gasteiger partial charge in [0.1, 0.15) is 0 Å². The highest BCUT2D eigenvalue weighted by Gasteiger charge is 2.24. The molecule has 2 aromatic rings. The zero-order valence-corrected chi connectivity index (χ0v) is 16.2. The lowest BCUT2D eigenvalue weighted by Crippen LogP contribution is -2.31. The maximum Gasteiger partial charge on any atom is 0.341 e. The minimum Gasteiger partial charge on any atom is -0.452 e. The van der Waals surface area contributed by atoms with Crippen molar-refractivity contribution in [2.45, 2.75) is 25.8 Å². The predicted molar refractivity (Wildman–Crippen MR) is 106 cm³/mol. The second-order valence-corrected chi connectivity index (χ2v) is 7.51. The normalized spacial score (nSPS) is 14.5. The molecule has 28 heavy (non-hydrogen) atoms. The number of nitrogens with one attached hydrogen (secondary N) is 1. The first-order valence-corrected chi connectivity index (χ1v) is 9.87. The van der Waals surface area contributed by atoms with E-state index in [4.69, 9.17) is 4.74 Å². The molecule has 148 valence electrons. The van der Waals surface area contributed by atoms with Crippen LogP contribution in [0.1, 0.15) is 41.0 Å². The number of esters is 1. The third-order valence-corrected chi connectivity index (χ3v) is 5.59. The number of nitrogens with zero attached hydrogens (tertiary/aromatic N) is 2. The molecule has 3 rings (SSSR count). The smallest absolute Gasteiger partial charge is 0.341 e. The van der Waals surface area contributed by atoms with Crippen LogP contribution >= 0.6 is 11.3 Å². The SMILES string of the molecule is C[C@H](NC(=O)COC(=O)c1cc([N+](=O)[O-])ccc1N1CCCC1)c1cccs1. The summed E-state index contributed by atoms with van der Waals surface area (Å²) in [5.41, 5.74) is 0.515. The Morgan fingerprint density at radius 3 is 2.71 bits per heavy atom. The Labute approximate surface area is 166 Å². The second-order valence-electron chi connectivity index (χ2n) is 6.53. The lowest BCUT2D eigenvalue weighted by Gasteiger charge is -2.20. The van der Waals surface area contributed by atoms with Crippen molar-refractivity contribution in [1.29, 1.82) is 0 Å². The predicted octanol–water partition coefficient (Wildman–Crippen LogP) is 3.29. The minimum atomic E-state index is -0.746. The lowest BCUT2D eigenvalue weighted by molar-refractivity contribution is -0.384. The number of carbonyl (C=O) groups is 2. The average Bonchev–Trinajstić information content (AvgIpc) is 3.39. The van der Waals surface area contributed by atoms with Crippen molar-refractivity contribution in [3.63, 3.8) is 0 Å². The number of amides is 1. The lowest BCUT2D eigenvalue weighted by atomic mass is 10.1. The Hall–Kier alpha value is -2.94. The number of carbonyl (C=O) groups excluding carboxylic acids is 2. The van der Waals surface area contributed by atoms with E-state index >= 15 is 0 Å². The maximum atomic E-state index is 12.6. The third-order valence-electron chi connectivity index (χ3n) is 4.54. The van der Waals surface area contributed by atoms with Gasteiger partial charge in [-0.1, -0.05) is 6.07 Å². The number of anilines is 1. The first-order chi connectivity index (χ1) is 13.5. The number of hydrogen-bond acceptors (Lipinski definition) is 7. The standard InChI is InChI=1S/C19H21N3O5S/c1-13(17-5-4-10-28-17)20-18(23)12-27-19(24)15-11-14(22(25)26)6-7-16(15)21-8-2-3-9-21/h4-7,10-11,13H,2-3,8-9,12H2,1H3,(H,20,23)/t13-/m0/s1. The largest absolute Gasteiger partial charge is 0.452 e. The average molecular weight is 403 g/mol. The van der Waals surface area contributed by atoms with E-state index in [1.165, 1.54) is 23.5 Å². The van der Waals surface area contributed by atoms with Crippen molar-refractivity contribution in [3.05, 3.63) is 56.3 Å². The van der Waals surface area contributed by atoms with Crippen LogP contribution in [0.25, 0.3) is 0 Å². The molecule has 0 saturated carbocycles.